The maximum absolute atomic E-state index is 4.35. The summed E-state index contributed by atoms with van der Waals surface area (Å²) < 4.78 is 0. The van der Waals surface area contributed by atoms with Crippen LogP contribution in [0.25, 0.3) is 0 Å². The van der Waals surface area contributed by atoms with E-state index in [0.29, 0.717) is 6.04 Å². The monoisotopic (exact) mass is 275 g/mol. The average molecular weight is 275 g/mol. The molecule has 2 aliphatic rings. The van der Waals surface area contributed by atoms with Gasteiger partial charge < -0.3 is 15.5 Å². The summed E-state index contributed by atoms with van der Waals surface area (Å²) in [4.78, 5) is 11.2. The van der Waals surface area contributed by atoms with Crippen molar-refractivity contribution >= 4 is 11.6 Å². The molecular formula is C15H25N5. The molecule has 0 radical (unpaired) electrons. The van der Waals surface area contributed by atoms with Crippen molar-refractivity contribution < 1.29 is 0 Å². The van der Waals surface area contributed by atoms with Gasteiger partial charge in [-0.05, 0) is 39.7 Å². The first-order chi connectivity index (χ1) is 9.76. The molecule has 2 unspecified atom stereocenters. The summed E-state index contributed by atoms with van der Waals surface area (Å²) >= 11 is 0. The first-order valence-corrected chi connectivity index (χ1v) is 7.80. The summed E-state index contributed by atoms with van der Waals surface area (Å²) in [7, 11) is 2.29. The van der Waals surface area contributed by atoms with E-state index in [1.165, 1.54) is 32.1 Å². The van der Waals surface area contributed by atoms with Gasteiger partial charge in [0.1, 0.15) is 18.0 Å². The number of piperidine rings is 2. The predicted molar refractivity (Wildman–Crippen MR) is 82.0 cm³/mol. The van der Waals surface area contributed by atoms with E-state index in [9.17, 15) is 0 Å². The lowest BCUT2D eigenvalue weighted by molar-refractivity contribution is 0.0608. The van der Waals surface area contributed by atoms with Crippen molar-refractivity contribution in [2.75, 3.05) is 24.2 Å². The van der Waals surface area contributed by atoms with Crippen LogP contribution >= 0.6 is 0 Å². The number of anilines is 2. The van der Waals surface area contributed by atoms with E-state index in [-0.39, 0.29) is 0 Å². The number of nitrogens with zero attached hydrogens (tertiary/aromatic N) is 3. The number of hydrogen-bond donors (Lipinski definition) is 2. The van der Waals surface area contributed by atoms with Gasteiger partial charge in [-0.25, -0.2) is 9.97 Å². The van der Waals surface area contributed by atoms with Gasteiger partial charge in [-0.3, -0.25) is 0 Å². The molecular weight excluding hydrogens is 250 g/mol. The number of aromatic nitrogens is 2. The van der Waals surface area contributed by atoms with Crippen molar-refractivity contribution in [2.45, 2.75) is 57.2 Å². The summed E-state index contributed by atoms with van der Waals surface area (Å²) in [6.07, 6.45) is 8.18. The smallest absolute Gasteiger partial charge is 0.131 e. The summed E-state index contributed by atoms with van der Waals surface area (Å²) in [5.74, 6) is 1.85. The fourth-order valence-corrected chi connectivity index (χ4v) is 3.66. The second kappa shape index (κ2) is 5.95. The molecule has 110 valence electrons. The third-order valence-electron chi connectivity index (χ3n) is 4.72. The van der Waals surface area contributed by atoms with Gasteiger partial charge in [0.25, 0.3) is 0 Å². The van der Waals surface area contributed by atoms with Gasteiger partial charge in [-0.1, -0.05) is 6.42 Å². The Balaban J connectivity index is 1.64. The topological polar surface area (TPSA) is 53.1 Å². The molecule has 5 nitrogen and oxygen atoms in total. The van der Waals surface area contributed by atoms with Crippen LogP contribution in [-0.2, 0) is 0 Å². The molecule has 2 saturated heterocycles. The van der Waals surface area contributed by atoms with Crippen molar-refractivity contribution in [3.05, 3.63) is 12.4 Å². The van der Waals surface area contributed by atoms with E-state index in [4.69, 9.17) is 0 Å². The van der Waals surface area contributed by atoms with Crippen LogP contribution in [0, 0.1) is 0 Å². The number of nitrogens with one attached hydrogen (secondary N) is 2. The minimum absolute atomic E-state index is 0.547. The van der Waals surface area contributed by atoms with Crippen molar-refractivity contribution in [3.63, 3.8) is 0 Å². The summed E-state index contributed by atoms with van der Waals surface area (Å²) in [5.41, 5.74) is 0. The Morgan fingerprint density at radius 2 is 1.90 bits per heavy atom. The van der Waals surface area contributed by atoms with Crippen LogP contribution < -0.4 is 10.6 Å². The highest BCUT2D eigenvalue weighted by Crippen LogP contribution is 2.33. The SMILES string of the molecule is CCNc1cc(NC2CC3CCCC(C2)N3C)ncn1. The molecule has 0 aliphatic carbocycles. The molecule has 5 heteroatoms. The third kappa shape index (κ3) is 2.87. The van der Waals surface area contributed by atoms with Gasteiger partial charge in [-0.2, -0.15) is 0 Å². The lowest BCUT2D eigenvalue weighted by Crippen LogP contribution is -2.52. The Labute approximate surface area is 121 Å². The van der Waals surface area contributed by atoms with Gasteiger partial charge in [-0.15, -0.1) is 0 Å². The van der Waals surface area contributed by atoms with Gasteiger partial charge in [0.05, 0.1) is 0 Å². The molecule has 0 aromatic carbocycles. The Bertz CT molecular complexity index is 436. The fraction of sp³-hybridized carbons (Fsp3) is 0.733. The van der Waals surface area contributed by atoms with E-state index in [1.807, 2.05) is 6.07 Å². The van der Waals surface area contributed by atoms with E-state index < -0.39 is 0 Å². The molecule has 20 heavy (non-hydrogen) atoms. The zero-order valence-electron chi connectivity index (χ0n) is 12.5. The third-order valence-corrected chi connectivity index (χ3v) is 4.72. The van der Waals surface area contributed by atoms with Crippen LogP contribution in [0.3, 0.4) is 0 Å². The van der Waals surface area contributed by atoms with Gasteiger partial charge >= 0.3 is 0 Å². The van der Waals surface area contributed by atoms with Crippen molar-refractivity contribution in [2.24, 2.45) is 0 Å². The van der Waals surface area contributed by atoms with E-state index in [0.717, 1.165) is 30.3 Å². The number of rotatable bonds is 4. The zero-order valence-corrected chi connectivity index (χ0v) is 12.5. The first-order valence-electron chi connectivity index (χ1n) is 7.80. The maximum atomic E-state index is 4.35. The second-order valence-corrected chi connectivity index (χ2v) is 6.04. The normalized spacial score (nSPS) is 30.0. The van der Waals surface area contributed by atoms with Gasteiger partial charge in [0, 0.05) is 30.7 Å². The molecule has 2 atom stereocenters. The van der Waals surface area contributed by atoms with Gasteiger partial charge in [0.2, 0.25) is 0 Å². The Morgan fingerprint density at radius 1 is 1.20 bits per heavy atom. The van der Waals surface area contributed by atoms with E-state index in [1.54, 1.807) is 6.33 Å². The van der Waals surface area contributed by atoms with Crippen molar-refractivity contribution in [3.8, 4) is 0 Å². The predicted octanol–water partition coefficient (Wildman–Crippen LogP) is 2.34. The second-order valence-electron chi connectivity index (χ2n) is 6.04. The van der Waals surface area contributed by atoms with Gasteiger partial charge in [0.15, 0.2) is 0 Å². The Hall–Kier alpha value is -1.36. The molecule has 0 spiro atoms. The van der Waals surface area contributed by atoms with Crippen molar-refractivity contribution in [1.82, 2.24) is 14.9 Å². The molecule has 2 bridgehead atoms. The molecule has 3 heterocycles. The average Bonchev–Trinajstić information content (AvgIpc) is 2.41. The summed E-state index contributed by atoms with van der Waals surface area (Å²) in [6, 6.07) is 4.05. The molecule has 1 aromatic heterocycles. The molecule has 0 amide bonds. The highest BCUT2D eigenvalue weighted by molar-refractivity contribution is 5.47. The van der Waals surface area contributed by atoms with Crippen LogP contribution in [0.15, 0.2) is 12.4 Å². The quantitative estimate of drug-likeness (QED) is 0.883. The van der Waals surface area contributed by atoms with Crippen molar-refractivity contribution in [1.29, 1.82) is 0 Å². The summed E-state index contributed by atoms with van der Waals surface area (Å²) in [6.45, 7) is 2.96. The van der Waals surface area contributed by atoms with Crippen LogP contribution in [0.1, 0.15) is 39.0 Å². The lowest BCUT2D eigenvalue weighted by atomic mass is 9.82. The van der Waals surface area contributed by atoms with Crippen LogP contribution in [0.4, 0.5) is 11.6 Å². The minimum Gasteiger partial charge on any atom is -0.370 e. The standard InChI is InChI=1S/C15H25N5/c1-3-16-14-9-15(18-10-17-14)19-11-7-12-5-4-6-13(8-11)20(12)2/h9-13H,3-8H2,1-2H3,(H2,16,17,18,19). The zero-order chi connectivity index (χ0) is 13.9. The molecule has 2 fully saturated rings. The Kier molecular flexibility index (Phi) is 4.05. The number of hydrogen-bond acceptors (Lipinski definition) is 5. The van der Waals surface area contributed by atoms with E-state index in [2.05, 4.69) is 39.5 Å². The highest BCUT2D eigenvalue weighted by atomic mass is 15.2. The summed E-state index contributed by atoms with van der Waals surface area (Å²) in [5, 5.41) is 6.84. The molecule has 0 saturated carbocycles. The Morgan fingerprint density at radius 3 is 2.60 bits per heavy atom. The highest BCUT2D eigenvalue weighted by Gasteiger charge is 2.35. The van der Waals surface area contributed by atoms with Crippen LogP contribution in [0.2, 0.25) is 0 Å². The molecule has 3 rings (SSSR count). The molecule has 2 N–H and O–H groups in total. The number of fused-ring (bicyclic) bond motifs is 2. The molecule has 2 aliphatic heterocycles. The van der Waals surface area contributed by atoms with Crippen LogP contribution in [-0.4, -0.2) is 46.6 Å². The van der Waals surface area contributed by atoms with E-state index >= 15 is 0 Å². The first kappa shape index (κ1) is 13.6. The maximum Gasteiger partial charge on any atom is 0.131 e. The minimum atomic E-state index is 0.547. The molecule has 1 aromatic rings. The largest absolute Gasteiger partial charge is 0.370 e. The lowest BCUT2D eigenvalue weighted by Gasteiger charge is -2.47. The fourth-order valence-electron chi connectivity index (χ4n) is 3.66. The van der Waals surface area contributed by atoms with Crippen LogP contribution in [0.5, 0.6) is 0 Å².